The van der Waals surface area contributed by atoms with Crippen LogP contribution in [0.4, 0.5) is 4.79 Å². The second kappa shape index (κ2) is 7.72. The molecule has 0 spiro atoms. The van der Waals surface area contributed by atoms with Gasteiger partial charge in [0.05, 0.1) is 29.0 Å². The zero-order chi connectivity index (χ0) is 16.9. The number of aryl methyl sites for hydroxylation is 1. The van der Waals surface area contributed by atoms with Gasteiger partial charge in [0.15, 0.2) is 0 Å². The van der Waals surface area contributed by atoms with Gasteiger partial charge in [-0.2, -0.15) is 0 Å². The van der Waals surface area contributed by atoms with E-state index in [1.807, 2.05) is 30.5 Å². The lowest BCUT2D eigenvalue weighted by Gasteiger charge is -2.34. The maximum atomic E-state index is 12.2. The van der Waals surface area contributed by atoms with E-state index in [2.05, 4.69) is 15.3 Å². The van der Waals surface area contributed by atoms with Gasteiger partial charge < -0.3 is 15.3 Å². The van der Waals surface area contributed by atoms with E-state index >= 15 is 0 Å². The zero-order valence-electron chi connectivity index (χ0n) is 13.7. The van der Waals surface area contributed by atoms with Gasteiger partial charge in [0.2, 0.25) is 0 Å². The molecule has 0 saturated carbocycles. The van der Waals surface area contributed by atoms with E-state index in [1.165, 1.54) is 0 Å². The molecule has 2 amide bonds. The summed E-state index contributed by atoms with van der Waals surface area (Å²) in [6.45, 7) is 3.71. The highest BCUT2D eigenvalue weighted by atomic mass is 32.1. The SMILES string of the molecule is Cc1nc(CNC(=O)N2CCC([C@H](O)c3ccccn3)CC2)cs1. The minimum absolute atomic E-state index is 0.0635. The maximum Gasteiger partial charge on any atom is 0.317 e. The number of nitrogens with zero attached hydrogens (tertiary/aromatic N) is 3. The molecule has 0 aromatic carbocycles. The molecule has 6 nitrogen and oxygen atoms in total. The number of piperidine rings is 1. The van der Waals surface area contributed by atoms with Gasteiger partial charge in [-0.25, -0.2) is 9.78 Å². The Morgan fingerprint density at radius 1 is 1.46 bits per heavy atom. The van der Waals surface area contributed by atoms with Crippen LogP contribution in [-0.4, -0.2) is 39.1 Å². The summed E-state index contributed by atoms with van der Waals surface area (Å²) in [4.78, 5) is 22.6. The Labute approximate surface area is 145 Å². The summed E-state index contributed by atoms with van der Waals surface area (Å²) in [5.74, 6) is 0.144. The van der Waals surface area contributed by atoms with Crippen molar-refractivity contribution >= 4 is 17.4 Å². The van der Waals surface area contributed by atoms with Gasteiger partial charge in [0.1, 0.15) is 0 Å². The van der Waals surface area contributed by atoms with E-state index in [0.717, 1.165) is 23.5 Å². The van der Waals surface area contributed by atoms with Crippen molar-refractivity contribution in [2.24, 2.45) is 5.92 Å². The van der Waals surface area contributed by atoms with E-state index in [9.17, 15) is 9.90 Å². The number of aliphatic hydroxyl groups excluding tert-OH is 1. The molecule has 0 unspecified atom stereocenters. The predicted molar refractivity (Wildman–Crippen MR) is 92.6 cm³/mol. The van der Waals surface area contributed by atoms with Crippen molar-refractivity contribution in [2.75, 3.05) is 13.1 Å². The third-order valence-corrected chi connectivity index (χ3v) is 5.17. The number of aliphatic hydroxyl groups is 1. The van der Waals surface area contributed by atoms with Crippen molar-refractivity contribution in [2.45, 2.75) is 32.4 Å². The van der Waals surface area contributed by atoms with Crippen LogP contribution in [0.2, 0.25) is 0 Å². The Morgan fingerprint density at radius 3 is 2.88 bits per heavy atom. The van der Waals surface area contributed by atoms with E-state index in [0.29, 0.717) is 25.3 Å². The monoisotopic (exact) mass is 346 g/mol. The topological polar surface area (TPSA) is 78.4 Å². The smallest absolute Gasteiger partial charge is 0.317 e. The van der Waals surface area contributed by atoms with Crippen molar-refractivity contribution in [3.63, 3.8) is 0 Å². The number of likely N-dealkylation sites (tertiary alicyclic amines) is 1. The molecule has 2 aromatic heterocycles. The van der Waals surface area contributed by atoms with Crippen LogP contribution < -0.4 is 5.32 Å². The number of rotatable bonds is 4. The molecular weight excluding hydrogens is 324 g/mol. The highest BCUT2D eigenvalue weighted by Crippen LogP contribution is 2.29. The summed E-state index contributed by atoms with van der Waals surface area (Å²) >= 11 is 1.58. The first-order chi connectivity index (χ1) is 11.6. The molecule has 3 rings (SSSR count). The molecule has 1 saturated heterocycles. The van der Waals surface area contributed by atoms with E-state index in [4.69, 9.17) is 0 Å². The first-order valence-corrected chi connectivity index (χ1v) is 9.04. The van der Waals surface area contributed by atoms with Crippen LogP contribution in [0.1, 0.15) is 35.3 Å². The molecule has 0 radical (unpaired) electrons. The molecular formula is C17H22N4O2S. The third-order valence-electron chi connectivity index (χ3n) is 4.35. The van der Waals surface area contributed by atoms with Crippen LogP contribution in [0.15, 0.2) is 29.8 Å². The predicted octanol–water partition coefficient (Wildman–Crippen LogP) is 2.50. The second-order valence-electron chi connectivity index (χ2n) is 6.04. The molecule has 0 aliphatic carbocycles. The van der Waals surface area contributed by atoms with Crippen LogP contribution in [-0.2, 0) is 6.54 Å². The Balaban J connectivity index is 1.47. The largest absolute Gasteiger partial charge is 0.387 e. The van der Waals surface area contributed by atoms with Crippen LogP contribution in [0.5, 0.6) is 0 Å². The summed E-state index contributed by atoms with van der Waals surface area (Å²) in [6, 6.07) is 5.51. The number of thiazole rings is 1. The number of pyridine rings is 1. The van der Waals surface area contributed by atoms with Crippen molar-refractivity contribution in [1.82, 2.24) is 20.2 Å². The molecule has 1 aliphatic rings. The lowest BCUT2D eigenvalue weighted by Crippen LogP contribution is -2.45. The van der Waals surface area contributed by atoms with Gasteiger partial charge in [-0.1, -0.05) is 6.07 Å². The fourth-order valence-electron chi connectivity index (χ4n) is 2.98. The molecule has 128 valence electrons. The number of carbonyl (C=O) groups is 1. The Kier molecular flexibility index (Phi) is 5.42. The van der Waals surface area contributed by atoms with Crippen LogP contribution in [0.25, 0.3) is 0 Å². The summed E-state index contributed by atoms with van der Waals surface area (Å²) in [7, 11) is 0. The third kappa shape index (κ3) is 4.10. The lowest BCUT2D eigenvalue weighted by atomic mass is 9.89. The lowest BCUT2D eigenvalue weighted by molar-refractivity contribution is 0.0635. The average molecular weight is 346 g/mol. The number of aromatic nitrogens is 2. The maximum absolute atomic E-state index is 12.2. The number of urea groups is 1. The second-order valence-corrected chi connectivity index (χ2v) is 7.10. The highest BCUT2D eigenvalue weighted by Gasteiger charge is 2.28. The van der Waals surface area contributed by atoms with Gasteiger partial charge in [0.25, 0.3) is 0 Å². The molecule has 1 atom stereocenters. The fraction of sp³-hybridized carbons (Fsp3) is 0.471. The van der Waals surface area contributed by atoms with Crippen LogP contribution in [0, 0.1) is 12.8 Å². The summed E-state index contributed by atoms with van der Waals surface area (Å²) < 4.78 is 0. The number of amides is 2. The fourth-order valence-corrected chi connectivity index (χ4v) is 3.59. The number of nitrogens with one attached hydrogen (secondary N) is 1. The molecule has 1 fully saturated rings. The first-order valence-electron chi connectivity index (χ1n) is 8.16. The normalized spacial score (nSPS) is 16.8. The van der Waals surface area contributed by atoms with E-state index in [-0.39, 0.29) is 11.9 Å². The van der Waals surface area contributed by atoms with Crippen molar-refractivity contribution in [1.29, 1.82) is 0 Å². The minimum atomic E-state index is -0.561. The van der Waals surface area contributed by atoms with Crippen LogP contribution >= 0.6 is 11.3 Å². The number of carbonyl (C=O) groups excluding carboxylic acids is 1. The van der Waals surface area contributed by atoms with Gasteiger partial charge in [-0.05, 0) is 37.8 Å². The van der Waals surface area contributed by atoms with Gasteiger partial charge in [0, 0.05) is 24.7 Å². The van der Waals surface area contributed by atoms with E-state index < -0.39 is 6.10 Å². The Hall–Kier alpha value is -1.99. The molecule has 0 bridgehead atoms. The van der Waals surface area contributed by atoms with Gasteiger partial charge in [-0.15, -0.1) is 11.3 Å². The number of hydrogen-bond acceptors (Lipinski definition) is 5. The number of hydrogen-bond donors (Lipinski definition) is 2. The Morgan fingerprint density at radius 2 is 2.25 bits per heavy atom. The molecule has 3 heterocycles. The standard InChI is InChI=1S/C17H22N4O2S/c1-12-20-14(11-24-12)10-19-17(23)21-8-5-13(6-9-21)16(22)15-4-2-3-7-18-15/h2-4,7,11,13,16,22H,5-6,8-10H2,1H3,(H,19,23)/t16-/m0/s1. The van der Waals surface area contributed by atoms with Gasteiger partial charge in [-0.3, -0.25) is 4.98 Å². The first kappa shape index (κ1) is 16.9. The summed E-state index contributed by atoms with van der Waals surface area (Å²) in [5.41, 5.74) is 1.60. The molecule has 24 heavy (non-hydrogen) atoms. The molecule has 7 heteroatoms. The average Bonchev–Trinajstić information content (AvgIpc) is 3.05. The van der Waals surface area contributed by atoms with Crippen molar-refractivity contribution in [3.05, 3.63) is 46.2 Å². The quantitative estimate of drug-likeness (QED) is 0.891. The highest BCUT2D eigenvalue weighted by molar-refractivity contribution is 7.09. The van der Waals surface area contributed by atoms with Crippen molar-refractivity contribution < 1.29 is 9.90 Å². The minimum Gasteiger partial charge on any atom is -0.387 e. The Bertz CT molecular complexity index is 668. The molecule has 1 aliphatic heterocycles. The van der Waals surface area contributed by atoms with Crippen LogP contribution in [0.3, 0.4) is 0 Å². The molecule has 2 aromatic rings. The summed E-state index contributed by atoms with van der Waals surface area (Å²) in [6.07, 6.45) is 2.69. The van der Waals surface area contributed by atoms with Crippen molar-refractivity contribution in [3.8, 4) is 0 Å². The van der Waals surface area contributed by atoms with E-state index in [1.54, 1.807) is 22.4 Å². The van der Waals surface area contributed by atoms with Gasteiger partial charge >= 0.3 is 6.03 Å². The summed E-state index contributed by atoms with van der Waals surface area (Å²) in [5, 5.41) is 16.3. The molecule has 2 N–H and O–H groups in total. The zero-order valence-corrected chi connectivity index (χ0v) is 14.5.